The third kappa shape index (κ3) is 4.19. The van der Waals surface area contributed by atoms with Gasteiger partial charge >= 0.3 is 0 Å². The van der Waals surface area contributed by atoms with Gasteiger partial charge in [-0.15, -0.1) is 0 Å². The Kier molecular flexibility index (Phi) is 5.92. The number of carbonyl (C=O) groups is 1. The van der Waals surface area contributed by atoms with Gasteiger partial charge in [0.25, 0.3) is 0 Å². The minimum Gasteiger partial charge on any atom is -0.549 e. The zero-order valence-corrected chi connectivity index (χ0v) is 17.5. The van der Waals surface area contributed by atoms with E-state index < -0.39 is 5.97 Å². The predicted molar refractivity (Wildman–Crippen MR) is 118 cm³/mol. The van der Waals surface area contributed by atoms with E-state index in [0.29, 0.717) is 10.2 Å². The molecule has 2 aromatic carbocycles. The van der Waals surface area contributed by atoms with Crippen LogP contribution in [0.15, 0.2) is 64.6 Å². The van der Waals surface area contributed by atoms with Gasteiger partial charge in [0.2, 0.25) is 0 Å². The van der Waals surface area contributed by atoms with Gasteiger partial charge in [-0.05, 0) is 43.2 Å². The van der Waals surface area contributed by atoms with Crippen LogP contribution < -0.4 is 10.0 Å². The molecule has 0 bridgehead atoms. The molecule has 1 spiro atoms. The summed E-state index contributed by atoms with van der Waals surface area (Å²) < 4.78 is 0. The number of benzene rings is 2. The fourth-order valence-electron chi connectivity index (χ4n) is 4.06. The summed E-state index contributed by atoms with van der Waals surface area (Å²) >= 11 is 7.34. The van der Waals surface area contributed by atoms with Crippen LogP contribution in [0.2, 0.25) is 5.02 Å². The Morgan fingerprint density at radius 1 is 1.14 bits per heavy atom. The lowest BCUT2D eigenvalue weighted by atomic mass is 9.79. The van der Waals surface area contributed by atoms with Gasteiger partial charge in [-0.1, -0.05) is 66.9 Å². The van der Waals surface area contributed by atoms with Gasteiger partial charge in [0, 0.05) is 16.5 Å². The molecule has 2 aliphatic rings. The van der Waals surface area contributed by atoms with E-state index in [9.17, 15) is 9.90 Å². The van der Waals surface area contributed by atoms with Crippen LogP contribution in [-0.4, -0.2) is 28.3 Å². The monoisotopic (exact) mass is 426 g/mol. The molecule has 0 saturated heterocycles. The molecule has 0 unspecified atom stereocenters. The van der Waals surface area contributed by atoms with Crippen molar-refractivity contribution in [1.82, 2.24) is 0 Å². The summed E-state index contributed by atoms with van der Waals surface area (Å²) in [6.07, 6.45) is 5.16. The highest BCUT2D eigenvalue weighted by Gasteiger charge is 2.49. The van der Waals surface area contributed by atoms with E-state index in [1.165, 1.54) is 18.2 Å². The molecule has 1 saturated carbocycles. The Hall–Kier alpha value is -2.31. The number of halogens is 1. The number of rotatable bonds is 4. The normalized spacial score (nSPS) is 19.6. The van der Waals surface area contributed by atoms with Crippen molar-refractivity contribution in [3.63, 3.8) is 0 Å². The average Bonchev–Trinajstić information content (AvgIpc) is 3.00. The predicted octanol–water partition coefficient (Wildman–Crippen LogP) is 4.43. The summed E-state index contributed by atoms with van der Waals surface area (Å²) in [4.78, 5) is 23.0. The molecule has 0 aromatic heterocycles. The fourth-order valence-corrected chi connectivity index (χ4v) is 5.06. The van der Waals surface area contributed by atoms with Crippen molar-refractivity contribution in [1.29, 1.82) is 0 Å². The molecule has 0 radical (unpaired) electrons. The minimum atomic E-state index is -1.11. The number of para-hydroxylation sites is 1. The third-order valence-corrected chi connectivity index (χ3v) is 6.44. The fraction of sp³-hybridized carbons (Fsp3) is 0.318. The summed E-state index contributed by atoms with van der Waals surface area (Å²) in [7, 11) is 0. The number of aliphatic imine (C=N–C) groups is 2. The number of carboxylic acids is 1. The Labute approximate surface area is 179 Å². The number of aliphatic carboxylic acids is 1. The molecule has 1 aliphatic heterocycles. The van der Waals surface area contributed by atoms with Crippen molar-refractivity contribution in [3.8, 4) is 0 Å². The van der Waals surface area contributed by atoms with Crippen molar-refractivity contribution in [2.45, 2.75) is 37.6 Å². The van der Waals surface area contributed by atoms with Crippen molar-refractivity contribution >= 4 is 51.7 Å². The van der Waals surface area contributed by atoms with E-state index in [0.717, 1.165) is 42.9 Å². The number of thioether (sulfide) groups is 1. The third-order valence-electron chi connectivity index (χ3n) is 5.29. The SMILES string of the molecule is O=C([O-])CSC1=NC(=Nc2cccc(Cl)c2)C2(CCCCC2)N1c1ccccc1. The summed E-state index contributed by atoms with van der Waals surface area (Å²) in [5, 5.41) is 12.4. The first-order chi connectivity index (χ1) is 14.1. The Morgan fingerprint density at radius 2 is 1.90 bits per heavy atom. The first-order valence-corrected chi connectivity index (χ1v) is 11.1. The highest BCUT2D eigenvalue weighted by molar-refractivity contribution is 8.14. The van der Waals surface area contributed by atoms with E-state index in [1.807, 2.05) is 54.6 Å². The maximum Gasteiger partial charge on any atom is 0.171 e. The number of hydrogen-bond acceptors (Lipinski definition) is 5. The molecule has 0 N–H and O–H groups in total. The van der Waals surface area contributed by atoms with Crippen LogP contribution in [0.3, 0.4) is 0 Å². The number of nitrogens with zero attached hydrogens (tertiary/aromatic N) is 3. The summed E-state index contributed by atoms with van der Waals surface area (Å²) in [6.45, 7) is 0. The van der Waals surface area contributed by atoms with Crippen LogP contribution >= 0.6 is 23.4 Å². The van der Waals surface area contributed by atoms with Crippen molar-refractivity contribution in [3.05, 3.63) is 59.6 Å². The van der Waals surface area contributed by atoms with E-state index in [-0.39, 0.29) is 11.3 Å². The van der Waals surface area contributed by atoms with Crippen LogP contribution in [0.5, 0.6) is 0 Å². The van der Waals surface area contributed by atoms with Gasteiger partial charge in [0.05, 0.1) is 11.7 Å². The Balaban J connectivity index is 1.82. The smallest absolute Gasteiger partial charge is 0.171 e. The molecule has 1 fully saturated rings. The molecule has 4 rings (SSSR count). The molecule has 0 atom stereocenters. The minimum absolute atomic E-state index is 0.150. The molecule has 7 heteroatoms. The highest BCUT2D eigenvalue weighted by Crippen LogP contribution is 2.44. The van der Waals surface area contributed by atoms with E-state index >= 15 is 0 Å². The summed E-state index contributed by atoms with van der Waals surface area (Å²) in [5.41, 5.74) is 1.37. The lowest BCUT2D eigenvalue weighted by Crippen LogP contribution is -2.53. The molecule has 150 valence electrons. The molecule has 5 nitrogen and oxygen atoms in total. The second-order valence-electron chi connectivity index (χ2n) is 7.23. The van der Waals surface area contributed by atoms with Crippen LogP contribution in [0.25, 0.3) is 0 Å². The molecular weight excluding hydrogens is 406 g/mol. The number of anilines is 1. The van der Waals surface area contributed by atoms with Gasteiger partial charge in [0.15, 0.2) is 11.0 Å². The topological polar surface area (TPSA) is 68.1 Å². The zero-order chi connectivity index (χ0) is 20.3. The van der Waals surface area contributed by atoms with E-state index in [2.05, 4.69) is 4.90 Å². The number of carboxylic acid groups (broad SMARTS) is 1. The average molecular weight is 427 g/mol. The molecule has 0 amide bonds. The first kappa shape index (κ1) is 20.0. The van der Waals surface area contributed by atoms with Gasteiger partial charge < -0.3 is 14.8 Å². The second kappa shape index (κ2) is 8.59. The van der Waals surface area contributed by atoms with Gasteiger partial charge in [-0.25, -0.2) is 9.98 Å². The summed E-state index contributed by atoms with van der Waals surface area (Å²) in [6, 6.07) is 17.4. The number of carbonyl (C=O) groups excluding carboxylic acids is 1. The zero-order valence-electron chi connectivity index (χ0n) is 15.9. The van der Waals surface area contributed by atoms with Gasteiger partial charge in [-0.3, -0.25) is 0 Å². The van der Waals surface area contributed by atoms with Crippen LogP contribution in [0, 0.1) is 0 Å². The molecule has 2 aromatic rings. The standard InChI is InChI=1S/C22H22ClN3O2S/c23-16-8-7-9-17(14-16)24-20-22(12-5-2-6-13-22)26(18-10-3-1-4-11-18)21(25-20)29-15-19(27)28/h1,3-4,7-11,14H,2,5-6,12-13,15H2,(H,27,28)/p-1. The van der Waals surface area contributed by atoms with Crippen LogP contribution in [0.1, 0.15) is 32.1 Å². The summed E-state index contributed by atoms with van der Waals surface area (Å²) in [5.74, 6) is -0.532. The highest BCUT2D eigenvalue weighted by atomic mass is 35.5. The number of amidine groups is 2. The maximum atomic E-state index is 11.1. The lowest BCUT2D eigenvalue weighted by molar-refractivity contribution is -0.301. The first-order valence-electron chi connectivity index (χ1n) is 9.70. The van der Waals surface area contributed by atoms with Crippen molar-refractivity contribution in [2.75, 3.05) is 10.7 Å². The van der Waals surface area contributed by atoms with E-state index in [4.69, 9.17) is 21.6 Å². The van der Waals surface area contributed by atoms with Gasteiger partial charge in [0.1, 0.15) is 5.54 Å². The Morgan fingerprint density at radius 3 is 2.59 bits per heavy atom. The maximum absolute atomic E-state index is 11.1. The molecular formula is C22H21ClN3O2S-. The lowest BCUT2D eigenvalue weighted by Gasteiger charge is -2.42. The van der Waals surface area contributed by atoms with Crippen LogP contribution in [-0.2, 0) is 4.79 Å². The largest absolute Gasteiger partial charge is 0.549 e. The van der Waals surface area contributed by atoms with Gasteiger partial charge in [-0.2, -0.15) is 0 Å². The van der Waals surface area contributed by atoms with Crippen molar-refractivity contribution in [2.24, 2.45) is 9.98 Å². The van der Waals surface area contributed by atoms with Crippen LogP contribution in [0.4, 0.5) is 11.4 Å². The second-order valence-corrected chi connectivity index (χ2v) is 8.61. The van der Waals surface area contributed by atoms with E-state index in [1.54, 1.807) is 0 Å². The Bertz CT molecular complexity index is 956. The number of hydrogen-bond donors (Lipinski definition) is 0. The quantitative estimate of drug-likeness (QED) is 0.725. The molecule has 1 heterocycles. The van der Waals surface area contributed by atoms with Crippen molar-refractivity contribution < 1.29 is 9.90 Å². The molecule has 29 heavy (non-hydrogen) atoms. The molecule has 1 aliphatic carbocycles.